The van der Waals surface area contributed by atoms with E-state index in [4.69, 9.17) is 4.74 Å². The standard InChI is InChI=1S/C22H17F4N3OS2/c23-18-4-2-1-3-14(18)11-31-17-7-8-27-15(9-17)12-32-21-28-19-6-5-16(10-20(19)29-21)30-13-22(24,25)26/h1-10H,11-13H2,(H,28,29). The lowest BCUT2D eigenvalue weighted by atomic mass is 10.2. The molecule has 2 aromatic heterocycles. The molecule has 0 saturated heterocycles. The summed E-state index contributed by atoms with van der Waals surface area (Å²) in [5, 5.41) is 0.624. The number of hydrogen-bond acceptors (Lipinski definition) is 5. The van der Waals surface area contributed by atoms with Crippen molar-refractivity contribution in [1.82, 2.24) is 15.0 Å². The Balaban J connectivity index is 1.37. The first-order chi connectivity index (χ1) is 15.4. The molecule has 0 saturated carbocycles. The molecule has 0 atom stereocenters. The van der Waals surface area contributed by atoms with Gasteiger partial charge in [0.2, 0.25) is 0 Å². The van der Waals surface area contributed by atoms with E-state index in [1.165, 1.54) is 41.7 Å². The monoisotopic (exact) mass is 479 g/mol. The number of alkyl halides is 3. The van der Waals surface area contributed by atoms with Crippen molar-refractivity contribution in [2.75, 3.05) is 6.61 Å². The number of imidazole rings is 1. The average molecular weight is 480 g/mol. The topological polar surface area (TPSA) is 50.8 Å². The third-order valence-electron chi connectivity index (χ3n) is 4.33. The number of ether oxygens (including phenoxy) is 1. The van der Waals surface area contributed by atoms with E-state index in [9.17, 15) is 17.6 Å². The Morgan fingerprint density at radius 1 is 0.969 bits per heavy atom. The Bertz CT molecular complexity index is 1210. The highest BCUT2D eigenvalue weighted by Crippen LogP contribution is 2.28. The first-order valence-corrected chi connectivity index (χ1v) is 11.5. The molecule has 4 nitrogen and oxygen atoms in total. The zero-order valence-electron chi connectivity index (χ0n) is 16.5. The molecule has 0 unspecified atom stereocenters. The molecule has 0 fully saturated rings. The molecule has 0 bridgehead atoms. The van der Waals surface area contributed by atoms with Crippen LogP contribution >= 0.6 is 23.5 Å². The second-order valence-electron chi connectivity index (χ2n) is 6.78. The van der Waals surface area contributed by atoms with Gasteiger partial charge in [-0.1, -0.05) is 30.0 Å². The first-order valence-electron chi connectivity index (χ1n) is 9.49. The highest BCUT2D eigenvalue weighted by molar-refractivity contribution is 7.98. The first kappa shape index (κ1) is 22.5. The van der Waals surface area contributed by atoms with E-state index in [1.807, 2.05) is 18.2 Å². The molecule has 0 aliphatic carbocycles. The predicted molar refractivity (Wildman–Crippen MR) is 117 cm³/mol. The van der Waals surface area contributed by atoms with Crippen LogP contribution in [0.4, 0.5) is 17.6 Å². The number of halogens is 4. The largest absolute Gasteiger partial charge is 0.484 e. The summed E-state index contributed by atoms with van der Waals surface area (Å²) in [4.78, 5) is 12.9. The smallest absolute Gasteiger partial charge is 0.422 e. The number of benzene rings is 2. The van der Waals surface area contributed by atoms with Crippen molar-refractivity contribution in [1.29, 1.82) is 0 Å². The third kappa shape index (κ3) is 6.17. The van der Waals surface area contributed by atoms with Crippen LogP contribution in [0.1, 0.15) is 11.3 Å². The highest BCUT2D eigenvalue weighted by Gasteiger charge is 2.28. The molecule has 10 heteroatoms. The summed E-state index contributed by atoms with van der Waals surface area (Å²) < 4.78 is 55.6. The van der Waals surface area contributed by atoms with E-state index in [1.54, 1.807) is 24.4 Å². The van der Waals surface area contributed by atoms with Gasteiger partial charge in [0.1, 0.15) is 11.6 Å². The fourth-order valence-electron chi connectivity index (χ4n) is 2.83. The van der Waals surface area contributed by atoms with Crippen molar-refractivity contribution in [3.05, 3.63) is 77.9 Å². The molecule has 2 heterocycles. The number of fused-ring (bicyclic) bond motifs is 1. The lowest BCUT2D eigenvalue weighted by Gasteiger charge is -2.08. The van der Waals surface area contributed by atoms with Crippen LogP contribution in [0.15, 0.2) is 70.8 Å². The van der Waals surface area contributed by atoms with Gasteiger partial charge in [0, 0.05) is 28.7 Å². The molecule has 32 heavy (non-hydrogen) atoms. The number of rotatable bonds is 8. The third-order valence-corrected chi connectivity index (χ3v) is 6.28. The summed E-state index contributed by atoms with van der Waals surface area (Å²) in [6.07, 6.45) is -2.68. The van der Waals surface area contributed by atoms with Gasteiger partial charge in [-0.25, -0.2) is 9.37 Å². The number of nitrogens with zero attached hydrogens (tertiary/aromatic N) is 2. The molecule has 1 N–H and O–H groups in total. The average Bonchev–Trinajstić information content (AvgIpc) is 3.18. The number of pyridine rings is 1. The van der Waals surface area contributed by atoms with Crippen LogP contribution in [0, 0.1) is 5.82 Å². The van der Waals surface area contributed by atoms with Gasteiger partial charge in [0.05, 0.1) is 16.7 Å². The van der Waals surface area contributed by atoms with E-state index < -0.39 is 12.8 Å². The van der Waals surface area contributed by atoms with Crippen molar-refractivity contribution in [3.63, 3.8) is 0 Å². The lowest BCUT2D eigenvalue weighted by Crippen LogP contribution is -2.19. The van der Waals surface area contributed by atoms with Crippen molar-refractivity contribution in [3.8, 4) is 5.75 Å². The highest BCUT2D eigenvalue weighted by atomic mass is 32.2. The Morgan fingerprint density at radius 3 is 2.62 bits per heavy atom. The minimum absolute atomic E-state index is 0.122. The second kappa shape index (κ2) is 9.83. The molecule has 4 aromatic rings. The minimum Gasteiger partial charge on any atom is -0.484 e. The predicted octanol–water partition coefficient (Wildman–Crippen LogP) is 6.62. The molecule has 0 radical (unpaired) electrons. The SMILES string of the molecule is Fc1ccccc1CSc1ccnc(CSc2nc3ccc(OCC(F)(F)F)cc3[nH]2)c1. The van der Waals surface area contributed by atoms with E-state index in [0.29, 0.717) is 33.3 Å². The van der Waals surface area contributed by atoms with Gasteiger partial charge >= 0.3 is 6.18 Å². The molecular formula is C22H17F4N3OS2. The van der Waals surface area contributed by atoms with Gasteiger partial charge in [-0.3, -0.25) is 4.98 Å². The lowest BCUT2D eigenvalue weighted by molar-refractivity contribution is -0.153. The molecule has 2 aromatic carbocycles. The van der Waals surface area contributed by atoms with Crippen LogP contribution in [-0.4, -0.2) is 27.7 Å². The van der Waals surface area contributed by atoms with Crippen molar-refractivity contribution >= 4 is 34.6 Å². The molecule has 0 aliphatic heterocycles. The summed E-state index contributed by atoms with van der Waals surface area (Å²) in [5.41, 5.74) is 2.71. The van der Waals surface area contributed by atoms with Crippen LogP contribution in [0.5, 0.6) is 5.75 Å². The second-order valence-corrected chi connectivity index (χ2v) is 8.79. The van der Waals surface area contributed by atoms with E-state index in [2.05, 4.69) is 15.0 Å². The van der Waals surface area contributed by atoms with E-state index in [-0.39, 0.29) is 11.6 Å². The molecule has 4 rings (SSSR count). The van der Waals surface area contributed by atoms with Gasteiger partial charge in [-0.2, -0.15) is 13.2 Å². The zero-order valence-corrected chi connectivity index (χ0v) is 18.2. The Labute approximate surface area is 189 Å². The quantitative estimate of drug-likeness (QED) is 0.227. The molecule has 0 aliphatic rings. The van der Waals surface area contributed by atoms with Gasteiger partial charge < -0.3 is 9.72 Å². The summed E-state index contributed by atoms with van der Waals surface area (Å²) in [6.45, 7) is -1.34. The van der Waals surface area contributed by atoms with Gasteiger partial charge in [0.15, 0.2) is 11.8 Å². The Morgan fingerprint density at radius 2 is 1.81 bits per heavy atom. The van der Waals surface area contributed by atoms with Gasteiger partial charge in [0.25, 0.3) is 0 Å². The number of aromatic nitrogens is 3. The maximum Gasteiger partial charge on any atom is 0.422 e. The van der Waals surface area contributed by atoms with Gasteiger partial charge in [-0.15, -0.1) is 11.8 Å². The molecule has 166 valence electrons. The minimum atomic E-state index is -4.39. The normalized spacial score (nSPS) is 11.8. The van der Waals surface area contributed by atoms with Crippen LogP contribution in [-0.2, 0) is 11.5 Å². The maximum absolute atomic E-state index is 13.8. The van der Waals surface area contributed by atoms with Crippen LogP contribution < -0.4 is 4.74 Å². The number of thioether (sulfide) groups is 2. The van der Waals surface area contributed by atoms with Crippen molar-refractivity contribution < 1.29 is 22.3 Å². The van der Waals surface area contributed by atoms with Crippen LogP contribution in [0.2, 0.25) is 0 Å². The Hall–Kier alpha value is -2.72. The molecule has 0 amide bonds. The number of nitrogens with one attached hydrogen (secondary N) is 1. The van der Waals surface area contributed by atoms with Gasteiger partial charge in [-0.05, 0) is 35.9 Å². The summed E-state index contributed by atoms with van der Waals surface area (Å²) in [7, 11) is 0. The van der Waals surface area contributed by atoms with Crippen molar-refractivity contribution in [2.45, 2.75) is 27.7 Å². The Kier molecular flexibility index (Phi) is 6.90. The number of hydrogen-bond donors (Lipinski definition) is 1. The fraction of sp³-hybridized carbons (Fsp3) is 0.182. The summed E-state index contributed by atoms with van der Waals surface area (Å²) >= 11 is 2.96. The van der Waals surface area contributed by atoms with E-state index >= 15 is 0 Å². The summed E-state index contributed by atoms with van der Waals surface area (Å²) in [5.74, 6) is 0.967. The molecular weight excluding hydrogens is 462 g/mol. The number of aromatic amines is 1. The van der Waals surface area contributed by atoms with Crippen LogP contribution in [0.3, 0.4) is 0 Å². The number of H-pyrrole nitrogens is 1. The van der Waals surface area contributed by atoms with Crippen molar-refractivity contribution in [2.24, 2.45) is 0 Å². The maximum atomic E-state index is 13.8. The fourth-order valence-corrected chi connectivity index (χ4v) is 4.55. The van der Waals surface area contributed by atoms with Crippen LogP contribution in [0.25, 0.3) is 11.0 Å². The summed E-state index contributed by atoms with van der Waals surface area (Å²) in [6, 6.07) is 15.1. The zero-order chi connectivity index (χ0) is 22.6. The van der Waals surface area contributed by atoms with E-state index in [0.717, 1.165) is 10.6 Å². The molecule has 0 spiro atoms.